The topological polar surface area (TPSA) is 49.4 Å². The zero-order valence-electron chi connectivity index (χ0n) is 14.5. The van der Waals surface area contributed by atoms with Crippen LogP contribution >= 0.6 is 0 Å². The van der Waals surface area contributed by atoms with E-state index in [-0.39, 0.29) is 17.7 Å². The van der Waals surface area contributed by atoms with Crippen molar-refractivity contribution >= 4 is 11.8 Å². The Morgan fingerprint density at radius 3 is 2.21 bits per heavy atom. The van der Waals surface area contributed by atoms with Crippen LogP contribution in [0.2, 0.25) is 0 Å². The van der Waals surface area contributed by atoms with Gasteiger partial charge < -0.3 is 10.2 Å². The van der Waals surface area contributed by atoms with E-state index in [0.29, 0.717) is 12.1 Å². The van der Waals surface area contributed by atoms with Gasteiger partial charge in [0.2, 0.25) is 5.91 Å². The molecule has 0 aliphatic carbocycles. The van der Waals surface area contributed by atoms with Crippen molar-refractivity contribution in [2.45, 2.75) is 25.8 Å². The summed E-state index contributed by atoms with van der Waals surface area (Å²) in [4.78, 5) is 26.1. The molecule has 2 amide bonds. The zero-order valence-corrected chi connectivity index (χ0v) is 14.5. The van der Waals surface area contributed by atoms with Gasteiger partial charge in [0.05, 0.1) is 5.92 Å². The first-order chi connectivity index (χ1) is 11.6. The highest BCUT2D eigenvalue weighted by Gasteiger charge is 2.22. The number of hydrogen-bond donors (Lipinski definition) is 1. The Morgan fingerprint density at radius 1 is 1.04 bits per heavy atom. The van der Waals surface area contributed by atoms with Crippen LogP contribution in [-0.2, 0) is 11.3 Å². The van der Waals surface area contributed by atoms with E-state index in [0.717, 1.165) is 17.5 Å². The monoisotopic (exact) mass is 324 g/mol. The Labute approximate surface area is 143 Å². The first-order valence-electron chi connectivity index (χ1n) is 8.17. The van der Waals surface area contributed by atoms with Crippen molar-refractivity contribution in [3.05, 3.63) is 71.3 Å². The van der Waals surface area contributed by atoms with Crippen LogP contribution in [0.1, 0.15) is 40.7 Å². The van der Waals surface area contributed by atoms with E-state index in [4.69, 9.17) is 0 Å². The van der Waals surface area contributed by atoms with E-state index in [9.17, 15) is 9.59 Å². The second kappa shape index (κ2) is 8.29. The van der Waals surface area contributed by atoms with E-state index in [2.05, 4.69) is 5.32 Å². The quantitative estimate of drug-likeness (QED) is 0.887. The Bertz CT molecular complexity index is 681. The summed E-state index contributed by atoms with van der Waals surface area (Å²) >= 11 is 0. The number of likely N-dealkylation sites (N-methyl/N-ethyl adjacent to an activating group) is 1. The molecule has 0 radical (unpaired) electrons. The predicted octanol–water partition coefficient (Wildman–Crippen LogP) is 3.20. The van der Waals surface area contributed by atoms with Crippen molar-refractivity contribution in [2.75, 3.05) is 14.1 Å². The summed E-state index contributed by atoms with van der Waals surface area (Å²) in [5.74, 6) is -0.124. The number of nitrogens with one attached hydrogen (secondary N) is 1. The molecule has 2 rings (SSSR count). The Balaban J connectivity index is 2.06. The van der Waals surface area contributed by atoms with Gasteiger partial charge in [-0.05, 0) is 29.7 Å². The number of hydrogen-bond acceptors (Lipinski definition) is 2. The largest absolute Gasteiger partial charge is 0.355 e. The van der Waals surface area contributed by atoms with Gasteiger partial charge in [-0.3, -0.25) is 9.59 Å². The summed E-state index contributed by atoms with van der Waals surface area (Å²) in [7, 11) is 3.43. The van der Waals surface area contributed by atoms with E-state index >= 15 is 0 Å². The molecule has 0 heterocycles. The fraction of sp³-hybridized carbons (Fsp3) is 0.300. The molecular weight excluding hydrogens is 300 g/mol. The van der Waals surface area contributed by atoms with E-state index in [1.165, 1.54) is 0 Å². The van der Waals surface area contributed by atoms with Gasteiger partial charge in [0.1, 0.15) is 0 Å². The maximum Gasteiger partial charge on any atom is 0.251 e. The molecule has 0 saturated carbocycles. The molecule has 0 saturated heterocycles. The second-order valence-corrected chi connectivity index (χ2v) is 5.84. The van der Waals surface area contributed by atoms with Gasteiger partial charge in [-0.2, -0.15) is 0 Å². The van der Waals surface area contributed by atoms with Gasteiger partial charge in [-0.25, -0.2) is 0 Å². The van der Waals surface area contributed by atoms with Crippen LogP contribution in [0.15, 0.2) is 54.6 Å². The van der Waals surface area contributed by atoms with Crippen LogP contribution in [0.4, 0.5) is 0 Å². The number of rotatable bonds is 6. The summed E-state index contributed by atoms with van der Waals surface area (Å²) in [6, 6.07) is 17.2. The van der Waals surface area contributed by atoms with Crippen molar-refractivity contribution in [2.24, 2.45) is 0 Å². The SMILES string of the molecule is CCC(C(=O)N(C)Cc1ccc(C(=O)NC)cc1)c1ccccc1. The molecule has 2 aromatic rings. The third-order valence-electron chi connectivity index (χ3n) is 4.15. The van der Waals surface area contributed by atoms with Crippen LogP contribution in [0.5, 0.6) is 0 Å². The minimum Gasteiger partial charge on any atom is -0.355 e. The first-order valence-corrected chi connectivity index (χ1v) is 8.17. The molecule has 1 unspecified atom stereocenters. The summed E-state index contributed by atoms with van der Waals surface area (Å²) in [5.41, 5.74) is 2.67. The lowest BCUT2D eigenvalue weighted by Crippen LogP contribution is -2.31. The lowest BCUT2D eigenvalue weighted by atomic mass is 9.95. The molecule has 0 aliphatic heterocycles. The van der Waals surface area contributed by atoms with Crippen LogP contribution in [0, 0.1) is 0 Å². The van der Waals surface area contributed by atoms with Gasteiger partial charge in [-0.15, -0.1) is 0 Å². The normalized spacial score (nSPS) is 11.6. The Kier molecular flexibility index (Phi) is 6.13. The Hall–Kier alpha value is -2.62. The summed E-state index contributed by atoms with van der Waals surface area (Å²) in [5, 5.41) is 2.60. The van der Waals surface area contributed by atoms with Crippen molar-refractivity contribution in [3.63, 3.8) is 0 Å². The molecule has 2 aromatic carbocycles. The van der Waals surface area contributed by atoms with Crippen LogP contribution < -0.4 is 5.32 Å². The highest BCUT2D eigenvalue weighted by molar-refractivity contribution is 5.94. The van der Waals surface area contributed by atoms with Crippen molar-refractivity contribution in [3.8, 4) is 0 Å². The van der Waals surface area contributed by atoms with Crippen molar-refractivity contribution in [1.29, 1.82) is 0 Å². The van der Waals surface area contributed by atoms with Crippen LogP contribution in [0.25, 0.3) is 0 Å². The van der Waals surface area contributed by atoms with Gasteiger partial charge in [0.15, 0.2) is 0 Å². The zero-order chi connectivity index (χ0) is 17.5. The van der Waals surface area contributed by atoms with Gasteiger partial charge >= 0.3 is 0 Å². The van der Waals surface area contributed by atoms with Gasteiger partial charge in [0.25, 0.3) is 5.91 Å². The maximum atomic E-state index is 12.8. The third kappa shape index (κ3) is 4.22. The molecule has 24 heavy (non-hydrogen) atoms. The summed E-state index contributed by atoms with van der Waals surface area (Å²) in [6.45, 7) is 2.55. The fourth-order valence-corrected chi connectivity index (χ4v) is 2.76. The summed E-state index contributed by atoms with van der Waals surface area (Å²) in [6.07, 6.45) is 0.767. The molecule has 0 fully saturated rings. The number of nitrogens with zero attached hydrogens (tertiary/aromatic N) is 1. The average Bonchev–Trinajstić information content (AvgIpc) is 2.63. The van der Waals surface area contributed by atoms with E-state index in [1.54, 1.807) is 24.1 Å². The second-order valence-electron chi connectivity index (χ2n) is 5.84. The first kappa shape index (κ1) is 17.7. The molecule has 0 spiro atoms. The lowest BCUT2D eigenvalue weighted by Gasteiger charge is -2.23. The minimum absolute atomic E-state index is 0.110. The minimum atomic E-state index is -0.124. The molecular formula is C20H24N2O2. The fourth-order valence-electron chi connectivity index (χ4n) is 2.76. The molecule has 4 heteroatoms. The number of benzene rings is 2. The number of carbonyl (C=O) groups excluding carboxylic acids is 2. The number of carbonyl (C=O) groups is 2. The molecule has 126 valence electrons. The highest BCUT2D eigenvalue weighted by Crippen LogP contribution is 2.22. The average molecular weight is 324 g/mol. The highest BCUT2D eigenvalue weighted by atomic mass is 16.2. The van der Waals surface area contributed by atoms with Gasteiger partial charge in [0, 0.05) is 26.2 Å². The van der Waals surface area contributed by atoms with Crippen LogP contribution in [-0.4, -0.2) is 30.8 Å². The van der Waals surface area contributed by atoms with E-state index in [1.807, 2.05) is 56.4 Å². The van der Waals surface area contributed by atoms with Crippen LogP contribution in [0.3, 0.4) is 0 Å². The number of amides is 2. The smallest absolute Gasteiger partial charge is 0.251 e. The van der Waals surface area contributed by atoms with E-state index < -0.39 is 0 Å². The molecule has 0 aliphatic rings. The van der Waals surface area contributed by atoms with Crippen molar-refractivity contribution < 1.29 is 9.59 Å². The molecule has 4 nitrogen and oxygen atoms in total. The lowest BCUT2D eigenvalue weighted by molar-refractivity contribution is -0.132. The summed E-state index contributed by atoms with van der Waals surface area (Å²) < 4.78 is 0. The standard InChI is InChI=1S/C20H24N2O2/c1-4-18(16-8-6-5-7-9-16)20(24)22(3)14-15-10-12-17(13-11-15)19(23)21-2/h5-13,18H,4,14H2,1-3H3,(H,21,23). The molecule has 1 N–H and O–H groups in total. The maximum absolute atomic E-state index is 12.8. The predicted molar refractivity (Wildman–Crippen MR) is 95.8 cm³/mol. The Morgan fingerprint density at radius 2 is 1.67 bits per heavy atom. The van der Waals surface area contributed by atoms with Crippen molar-refractivity contribution in [1.82, 2.24) is 10.2 Å². The molecule has 0 bridgehead atoms. The molecule has 1 atom stereocenters. The third-order valence-corrected chi connectivity index (χ3v) is 4.15. The van der Waals surface area contributed by atoms with Gasteiger partial charge in [-0.1, -0.05) is 49.4 Å². The molecule has 0 aromatic heterocycles.